The highest BCUT2D eigenvalue weighted by molar-refractivity contribution is 5.82. The van der Waals surface area contributed by atoms with Gasteiger partial charge in [-0.3, -0.25) is 4.79 Å². The second kappa shape index (κ2) is 5.50. The first-order valence-electron chi connectivity index (χ1n) is 6.11. The van der Waals surface area contributed by atoms with E-state index < -0.39 is 0 Å². The third-order valence-corrected chi connectivity index (χ3v) is 3.28. The van der Waals surface area contributed by atoms with Gasteiger partial charge in [-0.15, -0.1) is 0 Å². The Morgan fingerprint density at radius 1 is 1.53 bits per heavy atom. The standard InChI is InChI=1S/C12H24N2O/c1-5-14(9(2)3)12(15)11-10(4)7-6-8-13-11/h9-11,13H,5-8H2,1-4H3. The summed E-state index contributed by atoms with van der Waals surface area (Å²) in [4.78, 5) is 14.2. The van der Waals surface area contributed by atoms with E-state index in [0.717, 1.165) is 13.1 Å². The molecule has 88 valence electrons. The number of carbonyl (C=O) groups is 1. The van der Waals surface area contributed by atoms with Crippen LogP contribution in [0.4, 0.5) is 0 Å². The fraction of sp³-hybridized carbons (Fsp3) is 0.917. The van der Waals surface area contributed by atoms with E-state index in [9.17, 15) is 4.79 Å². The maximum absolute atomic E-state index is 12.2. The van der Waals surface area contributed by atoms with Gasteiger partial charge in [0, 0.05) is 12.6 Å². The third kappa shape index (κ3) is 2.94. The minimum absolute atomic E-state index is 0.0427. The number of likely N-dealkylation sites (N-methyl/N-ethyl adjacent to an activating group) is 1. The third-order valence-electron chi connectivity index (χ3n) is 3.28. The predicted octanol–water partition coefficient (Wildman–Crippen LogP) is 1.63. The van der Waals surface area contributed by atoms with Crippen molar-refractivity contribution in [2.75, 3.05) is 13.1 Å². The Labute approximate surface area is 93.2 Å². The van der Waals surface area contributed by atoms with E-state index in [1.807, 2.05) is 11.8 Å². The molecule has 0 aromatic carbocycles. The van der Waals surface area contributed by atoms with Gasteiger partial charge in [0.15, 0.2) is 0 Å². The number of amides is 1. The van der Waals surface area contributed by atoms with Crippen LogP contribution in [0.2, 0.25) is 0 Å². The minimum atomic E-state index is 0.0427. The molecule has 1 amide bonds. The van der Waals surface area contributed by atoms with Crippen molar-refractivity contribution in [2.24, 2.45) is 5.92 Å². The molecule has 2 unspecified atom stereocenters. The molecule has 0 saturated carbocycles. The van der Waals surface area contributed by atoms with Crippen molar-refractivity contribution in [1.82, 2.24) is 10.2 Å². The van der Waals surface area contributed by atoms with Crippen molar-refractivity contribution in [3.8, 4) is 0 Å². The first kappa shape index (κ1) is 12.5. The van der Waals surface area contributed by atoms with Crippen LogP contribution in [0.1, 0.15) is 40.5 Å². The Kier molecular flexibility index (Phi) is 4.58. The van der Waals surface area contributed by atoms with Crippen molar-refractivity contribution < 1.29 is 4.79 Å². The lowest BCUT2D eigenvalue weighted by Crippen LogP contribution is -2.53. The SMILES string of the molecule is CCN(C(=O)C1NCCCC1C)C(C)C. The van der Waals surface area contributed by atoms with Crippen LogP contribution in [0.3, 0.4) is 0 Å². The molecule has 1 aliphatic heterocycles. The second-order valence-corrected chi connectivity index (χ2v) is 4.77. The van der Waals surface area contributed by atoms with Crippen molar-refractivity contribution in [2.45, 2.75) is 52.6 Å². The number of carbonyl (C=O) groups excluding carboxylic acids is 1. The molecule has 3 nitrogen and oxygen atoms in total. The lowest BCUT2D eigenvalue weighted by Gasteiger charge is -2.35. The van der Waals surface area contributed by atoms with E-state index >= 15 is 0 Å². The molecule has 0 bridgehead atoms. The van der Waals surface area contributed by atoms with E-state index in [2.05, 4.69) is 26.1 Å². The van der Waals surface area contributed by atoms with E-state index in [0.29, 0.717) is 12.0 Å². The van der Waals surface area contributed by atoms with Crippen LogP contribution in [0.5, 0.6) is 0 Å². The van der Waals surface area contributed by atoms with Crippen molar-refractivity contribution in [3.05, 3.63) is 0 Å². The highest BCUT2D eigenvalue weighted by Gasteiger charge is 2.31. The highest BCUT2D eigenvalue weighted by Crippen LogP contribution is 2.18. The van der Waals surface area contributed by atoms with Gasteiger partial charge >= 0.3 is 0 Å². The minimum Gasteiger partial charge on any atom is -0.339 e. The summed E-state index contributed by atoms with van der Waals surface area (Å²) in [5.41, 5.74) is 0. The zero-order chi connectivity index (χ0) is 11.4. The summed E-state index contributed by atoms with van der Waals surface area (Å²) >= 11 is 0. The van der Waals surface area contributed by atoms with Crippen LogP contribution in [-0.4, -0.2) is 36.0 Å². The Morgan fingerprint density at radius 3 is 2.67 bits per heavy atom. The number of piperidine rings is 1. The average molecular weight is 212 g/mol. The quantitative estimate of drug-likeness (QED) is 0.771. The number of hydrogen-bond acceptors (Lipinski definition) is 2. The molecule has 2 atom stereocenters. The van der Waals surface area contributed by atoms with Gasteiger partial charge in [-0.2, -0.15) is 0 Å². The maximum Gasteiger partial charge on any atom is 0.240 e. The van der Waals surface area contributed by atoms with Crippen LogP contribution in [-0.2, 0) is 4.79 Å². The molecule has 0 aromatic rings. The number of rotatable bonds is 3. The zero-order valence-corrected chi connectivity index (χ0v) is 10.4. The molecule has 0 spiro atoms. The van der Waals surface area contributed by atoms with Crippen molar-refractivity contribution in [3.63, 3.8) is 0 Å². The van der Waals surface area contributed by atoms with Gasteiger partial charge in [0.2, 0.25) is 5.91 Å². The Morgan fingerprint density at radius 2 is 2.20 bits per heavy atom. The molecule has 3 heteroatoms. The molecular formula is C12H24N2O. The van der Waals surface area contributed by atoms with Gasteiger partial charge in [0.25, 0.3) is 0 Å². The fourth-order valence-electron chi connectivity index (χ4n) is 2.33. The van der Waals surface area contributed by atoms with E-state index in [-0.39, 0.29) is 11.9 Å². The predicted molar refractivity (Wildman–Crippen MR) is 62.7 cm³/mol. The molecule has 0 aromatic heterocycles. The van der Waals surface area contributed by atoms with Crippen LogP contribution < -0.4 is 5.32 Å². The highest BCUT2D eigenvalue weighted by atomic mass is 16.2. The second-order valence-electron chi connectivity index (χ2n) is 4.77. The molecular weight excluding hydrogens is 188 g/mol. The van der Waals surface area contributed by atoms with E-state index in [1.165, 1.54) is 12.8 Å². The van der Waals surface area contributed by atoms with Crippen molar-refractivity contribution in [1.29, 1.82) is 0 Å². The average Bonchev–Trinajstić information content (AvgIpc) is 2.18. The Balaban J connectivity index is 2.64. The van der Waals surface area contributed by atoms with Gasteiger partial charge in [-0.05, 0) is 46.1 Å². The molecule has 0 aliphatic carbocycles. The summed E-state index contributed by atoms with van der Waals surface area (Å²) < 4.78 is 0. The molecule has 1 fully saturated rings. The summed E-state index contributed by atoms with van der Waals surface area (Å²) in [7, 11) is 0. The summed E-state index contributed by atoms with van der Waals surface area (Å²) in [6.45, 7) is 10.2. The number of hydrogen-bond donors (Lipinski definition) is 1. The first-order chi connectivity index (χ1) is 7.07. The maximum atomic E-state index is 12.2. The van der Waals surface area contributed by atoms with Gasteiger partial charge < -0.3 is 10.2 Å². The summed E-state index contributed by atoms with van der Waals surface area (Å²) in [5.74, 6) is 0.749. The molecule has 1 heterocycles. The monoisotopic (exact) mass is 212 g/mol. The molecule has 15 heavy (non-hydrogen) atoms. The summed E-state index contributed by atoms with van der Waals surface area (Å²) in [6, 6.07) is 0.347. The van der Waals surface area contributed by atoms with Crippen LogP contribution in [0, 0.1) is 5.92 Å². The smallest absolute Gasteiger partial charge is 0.240 e. The van der Waals surface area contributed by atoms with Gasteiger partial charge in [-0.25, -0.2) is 0 Å². The van der Waals surface area contributed by atoms with Crippen LogP contribution >= 0.6 is 0 Å². The fourth-order valence-corrected chi connectivity index (χ4v) is 2.33. The number of nitrogens with one attached hydrogen (secondary N) is 1. The largest absolute Gasteiger partial charge is 0.339 e. The topological polar surface area (TPSA) is 32.3 Å². The van der Waals surface area contributed by atoms with E-state index in [4.69, 9.17) is 0 Å². The molecule has 0 radical (unpaired) electrons. The van der Waals surface area contributed by atoms with E-state index in [1.54, 1.807) is 0 Å². The van der Waals surface area contributed by atoms with Gasteiger partial charge in [0.05, 0.1) is 6.04 Å². The molecule has 1 rings (SSSR count). The summed E-state index contributed by atoms with van der Waals surface area (Å²) in [5, 5.41) is 3.35. The van der Waals surface area contributed by atoms with Crippen molar-refractivity contribution >= 4 is 5.91 Å². The van der Waals surface area contributed by atoms with Gasteiger partial charge in [0.1, 0.15) is 0 Å². The van der Waals surface area contributed by atoms with Crippen LogP contribution in [0.25, 0.3) is 0 Å². The molecule has 1 aliphatic rings. The first-order valence-corrected chi connectivity index (χ1v) is 6.11. The summed E-state index contributed by atoms with van der Waals surface area (Å²) in [6.07, 6.45) is 2.36. The molecule has 1 saturated heterocycles. The van der Waals surface area contributed by atoms with Crippen LogP contribution in [0.15, 0.2) is 0 Å². The normalized spacial score (nSPS) is 26.7. The zero-order valence-electron chi connectivity index (χ0n) is 10.4. The lowest BCUT2D eigenvalue weighted by molar-refractivity contribution is -0.136. The Bertz CT molecular complexity index is 216. The lowest BCUT2D eigenvalue weighted by atomic mass is 9.91. The molecule has 1 N–H and O–H groups in total. The van der Waals surface area contributed by atoms with Gasteiger partial charge in [-0.1, -0.05) is 6.92 Å². The number of nitrogens with zero attached hydrogens (tertiary/aromatic N) is 1. The Hall–Kier alpha value is -0.570.